The summed E-state index contributed by atoms with van der Waals surface area (Å²) in [6.45, 7) is 3.20. The van der Waals surface area contributed by atoms with Crippen molar-refractivity contribution < 1.29 is 9.53 Å². The number of rotatable bonds is 5. The Morgan fingerprint density at radius 3 is 2.52 bits per heavy atom. The normalized spacial score (nSPS) is 14.7. The molecule has 2 heterocycles. The minimum Gasteiger partial charge on any atom is -0.394 e. The van der Waals surface area contributed by atoms with E-state index >= 15 is 0 Å². The van der Waals surface area contributed by atoms with Gasteiger partial charge in [-0.15, -0.1) is 0 Å². The van der Waals surface area contributed by atoms with Crippen molar-refractivity contribution in [2.75, 3.05) is 38.3 Å². The zero-order valence-corrected chi connectivity index (χ0v) is 14.0. The number of hydrogen-bond acceptors (Lipinski definition) is 6. The molecule has 0 spiro atoms. The number of benzene rings is 1. The van der Waals surface area contributed by atoms with Crippen molar-refractivity contribution >= 4 is 11.5 Å². The number of nitrogens with zero attached hydrogens (tertiary/aromatic N) is 3. The first-order valence-electron chi connectivity index (χ1n) is 8.10. The lowest BCUT2D eigenvalue weighted by Gasteiger charge is -2.28. The fraction of sp³-hybridized carbons (Fsp3) is 0.278. The Morgan fingerprint density at radius 2 is 1.84 bits per heavy atom. The maximum Gasteiger partial charge on any atom is 0.211 e. The Kier molecular flexibility index (Phi) is 5.25. The Hall–Kier alpha value is -2.93. The van der Waals surface area contributed by atoms with Crippen LogP contribution in [0.2, 0.25) is 0 Å². The summed E-state index contributed by atoms with van der Waals surface area (Å²) in [7, 11) is 1.68. The molecule has 0 amide bonds. The number of ether oxygens (including phenoxy) is 1. The molecule has 0 unspecified atom stereocenters. The van der Waals surface area contributed by atoms with Gasteiger partial charge < -0.3 is 15.0 Å². The lowest BCUT2D eigenvalue weighted by molar-refractivity contribution is 0.103. The summed E-state index contributed by atoms with van der Waals surface area (Å²) in [5, 5.41) is 6.90. The van der Waals surface area contributed by atoms with Crippen LogP contribution >= 0.6 is 0 Å². The first-order chi connectivity index (χ1) is 12.2. The van der Waals surface area contributed by atoms with Crippen LogP contribution < -0.4 is 15.6 Å². The number of hydrogen-bond donors (Lipinski definition) is 1. The third-order valence-electron chi connectivity index (χ3n) is 3.93. The van der Waals surface area contributed by atoms with E-state index in [0.29, 0.717) is 0 Å². The fourth-order valence-electron chi connectivity index (χ4n) is 2.60. The van der Waals surface area contributed by atoms with Gasteiger partial charge in [0.15, 0.2) is 5.69 Å². The Morgan fingerprint density at radius 1 is 1.16 bits per heavy atom. The maximum absolute atomic E-state index is 12.0. The summed E-state index contributed by atoms with van der Waals surface area (Å²) >= 11 is 0. The standard InChI is InChI=1S/C18H20N4O3/c1-19-8-6-16(23)18-17(24)7-9-22(20-18)15-4-2-14(3-5-15)21-10-12-25-13-11-21/h2-9,19H,10-13H2,1H3/b8-6+. The zero-order chi connectivity index (χ0) is 17.6. The molecule has 0 bridgehead atoms. The molecule has 1 aliphatic heterocycles. The number of carbonyl (C=O) groups is 1. The summed E-state index contributed by atoms with van der Waals surface area (Å²) in [6, 6.07) is 9.19. The molecule has 0 aliphatic carbocycles. The van der Waals surface area contributed by atoms with Crippen molar-refractivity contribution in [3.8, 4) is 5.69 Å². The van der Waals surface area contributed by atoms with Crippen molar-refractivity contribution in [1.29, 1.82) is 0 Å². The van der Waals surface area contributed by atoms with Crippen molar-refractivity contribution in [2.24, 2.45) is 0 Å². The van der Waals surface area contributed by atoms with E-state index in [1.54, 1.807) is 13.2 Å². The molecule has 1 aromatic carbocycles. The van der Waals surface area contributed by atoms with E-state index < -0.39 is 11.2 Å². The SMILES string of the molecule is CN/C=C/C(=O)c1nn(-c2ccc(N3CCOCC3)cc2)ccc1=O. The average molecular weight is 340 g/mol. The van der Waals surface area contributed by atoms with Crippen LogP contribution in [0.25, 0.3) is 5.69 Å². The average Bonchev–Trinajstić information content (AvgIpc) is 2.67. The smallest absolute Gasteiger partial charge is 0.211 e. The minimum absolute atomic E-state index is 0.105. The lowest BCUT2D eigenvalue weighted by Crippen LogP contribution is -2.36. The Balaban J connectivity index is 1.85. The molecule has 25 heavy (non-hydrogen) atoms. The molecule has 1 aliphatic rings. The van der Waals surface area contributed by atoms with Crippen LogP contribution in [0.4, 0.5) is 5.69 Å². The summed E-state index contributed by atoms with van der Waals surface area (Å²) < 4.78 is 6.89. The number of morpholine rings is 1. The molecule has 3 rings (SSSR count). The van der Waals surface area contributed by atoms with E-state index in [-0.39, 0.29) is 5.69 Å². The molecule has 1 aromatic heterocycles. The second kappa shape index (κ2) is 7.76. The first-order valence-corrected chi connectivity index (χ1v) is 8.10. The van der Waals surface area contributed by atoms with E-state index in [9.17, 15) is 9.59 Å². The molecular formula is C18H20N4O3. The van der Waals surface area contributed by atoms with E-state index in [2.05, 4.69) is 15.3 Å². The van der Waals surface area contributed by atoms with Gasteiger partial charge in [-0.2, -0.15) is 5.10 Å². The number of anilines is 1. The van der Waals surface area contributed by atoms with Crippen molar-refractivity contribution in [2.45, 2.75) is 0 Å². The number of carbonyl (C=O) groups excluding carboxylic acids is 1. The van der Waals surface area contributed by atoms with E-state index in [4.69, 9.17) is 4.74 Å². The molecular weight excluding hydrogens is 320 g/mol. The van der Waals surface area contributed by atoms with Gasteiger partial charge in [-0.25, -0.2) is 4.68 Å². The third kappa shape index (κ3) is 3.95. The largest absolute Gasteiger partial charge is 0.394 e. The molecule has 0 atom stereocenters. The summed E-state index contributed by atoms with van der Waals surface area (Å²) in [5.74, 6) is -0.432. The topological polar surface area (TPSA) is 76.5 Å². The van der Waals surface area contributed by atoms with Gasteiger partial charge in [0.25, 0.3) is 0 Å². The highest BCUT2D eigenvalue weighted by Crippen LogP contribution is 2.18. The second-order valence-electron chi connectivity index (χ2n) is 5.58. The molecule has 0 saturated carbocycles. The zero-order valence-electron chi connectivity index (χ0n) is 14.0. The predicted molar refractivity (Wildman–Crippen MR) is 95.4 cm³/mol. The van der Waals surface area contributed by atoms with Gasteiger partial charge in [0.1, 0.15) is 0 Å². The highest BCUT2D eigenvalue weighted by atomic mass is 16.5. The van der Waals surface area contributed by atoms with Crippen LogP contribution in [-0.2, 0) is 4.74 Å². The van der Waals surface area contributed by atoms with Gasteiger partial charge in [0.05, 0.1) is 18.9 Å². The fourth-order valence-corrected chi connectivity index (χ4v) is 2.60. The molecule has 2 aromatic rings. The van der Waals surface area contributed by atoms with Gasteiger partial charge in [0, 0.05) is 50.4 Å². The molecule has 1 fully saturated rings. The molecule has 0 radical (unpaired) electrons. The third-order valence-corrected chi connectivity index (χ3v) is 3.93. The summed E-state index contributed by atoms with van der Waals surface area (Å²) in [6.07, 6.45) is 4.32. The number of ketones is 1. The maximum atomic E-state index is 12.0. The van der Waals surface area contributed by atoms with Crippen LogP contribution in [0, 0.1) is 0 Å². The molecule has 130 valence electrons. The predicted octanol–water partition coefficient (Wildman–Crippen LogP) is 0.985. The summed E-state index contributed by atoms with van der Waals surface area (Å²) in [5.41, 5.74) is 1.39. The van der Waals surface area contributed by atoms with E-state index in [1.807, 2.05) is 24.3 Å². The van der Waals surface area contributed by atoms with Crippen molar-refractivity contribution in [1.82, 2.24) is 15.1 Å². The summed E-state index contributed by atoms with van der Waals surface area (Å²) in [4.78, 5) is 26.2. The Bertz CT molecular complexity index is 821. The number of nitrogens with one attached hydrogen (secondary N) is 1. The van der Waals surface area contributed by atoms with Crippen molar-refractivity contribution in [3.63, 3.8) is 0 Å². The quantitative estimate of drug-likeness (QED) is 0.646. The first kappa shape index (κ1) is 16.9. The molecule has 1 saturated heterocycles. The Labute approximate surface area is 145 Å². The highest BCUT2D eigenvalue weighted by molar-refractivity contribution is 6.02. The number of allylic oxidation sites excluding steroid dienone is 1. The van der Waals surface area contributed by atoms with Gasteiger partial charge >= 0.3 is 0 Å². The highest BCUT2D eigenvalue weighted by Gasteiger charge is 2.13. The second-order valence-corrected chi connectivity index (χ2v) is 5.58. The minimum atomic E-state index is -0.432. The van der Waals surface area contributed by atoms with Crippen LogP contribution in [0.3, 0.4) is 0 Å². The van der Waals surface area contributed by atoms with E-state index in [0.717, 1.165) is 37.7 Å². The lowest BCUT2D eigenvalue weighted by atomic mass is 10.2. The molecule has 7 nitrogen and oxygen atoms in total. The van der Waals surface area contributed by atoms with Crippen LogP contribution in [0.1, 0.15) is 10.5 Å². The van der Waals surface area contributed by atoms with Gasteiger partial charge in [0.2, 0.25) is 11.2 Å². The van der Waals surface area contributed by atoms with Crippen molar-refractivity contribution in [3.05, 3.63) is 64.7 Å². The molecule has 1 N–H and O–H groups in total. The van der Waals surface area contributed by atoms with Gasteiger partial charge in [-0.05, 0) is 24.3 Å². The number of aromatic nitrogens is 2. The van der Waals surface area contributed by atoms with E-state index in [1.165, 1.54) is 23.0 Å². The van der Waals surface area contributed by atoms with Gasteiger partial charge in [-0.1, -0.05) is 0 Å². The van der Waals surface area contributed by atoms with Crippen LogP contribution in [0.15, 0.2) is 53.6 Å². The molecule has 7 heteroatoms. The van der Waals surface area contributed by atoms with Crippen LogP contribution in [-0.4, -0.2) is 48.9 Å². The van der Waals surface area contributed by atoms with Crippen LogP contribution in [0.5, 0.6) is 0 Å². The van der Waals surface area contributed by atoms with Gasteiger partial charge in [-0.3, -0.25) is 9.59 Å². The monoisotopic (exact) mass is 340 g/mol.